The van der Waals surface area contributed by atoms with E-state index in [1.807, 2.05) is 0 Å². The molecular formula is C27H56. The predicted molar refractivity (Wildman–Crippen MR) is 127 cm³/mol. The van der Waals surface area contributed by atoms with E-state index < -0.39 is 0 Å². The minimum absolute atomic E-state index is 1.00. The lowest BCUT2D eigenvalue weighted by molar-refractivity contribution is 0.263. The van der Waals surface area contributed by atoms with Crippen molar-refractivity contribution < 1.29 is 0 Å². The molecule has 0 saturated heterocycles. The van der Waals surface area contributed by atoms with E-state index in [0.29, 0.717) is 0 Å². The second kappa shape index (κ2) is 22.3. The third-order valence-electron chi connectivity index (χ3n) is 6.82. The lowest BCUT2D eigenvalue weighted by Gasteiger charge is -2.25. The van der Waals surface area contributed by atoms with Crippen molar-refractivity contribution in [2.75, 3.05) is 0 Å². The van der Waals surface area contributed by atoms with Crippen LogP contribution in [-0.4, -0.2) is 0 Å². The molecule has 0 heterocycles. The molecule has 0 aromatic rings. The number of hydrogen-bond donors (Lipinski definition) is 0. The van der Waals surface area contributed by atoms with E-state index in [-0.39, 0.29) is 0 Å². The molecule has 2 atom stereocenters. The molecule has 0 heteroatoms. The van der Waals surface area contributed by atoms with Gasteiger partial charge < -0.3 is 0 Å². The van der Waals surface area contributed by atoms with Crippen LogP contribution in [0.1, 0.15) is 163 Å². The summed E-state index contributed by atoms with van der Waals surface area (Å²) in [4.78, 5) is 0. The first-order chi connectivity index (χ1) is 13.3. The first kappa shape index (κ1) is 27.0. The van der Waals surface area contributed by atoms with Crippen molar-refractivity contribution in [3.8, 4) is 0 Å². The fraction of sp³-hybridized carbons (Fsp3) is 1.00. The van der Waals surface area contributed by atoms with Crippen LogP contribution in [0.5, 0.6) is 0 Å². The van der Waals surface area contributed by atoms with Gasteiger partial charge in [0.05, 0.1) is 0 Å². The van der Waals surface area contributed by atoms with Crippen molar-refractivity contribution >= 4 is 0 Å². The van der Waals surface area contributed by atoms with Gasteiger partial charge in [0, 0.05) is 0 Å². The molecule has 0 aromatic carbocycles. The molecule has 0 fully saturated rings. The van der Waals surface area contributed by atoms with Gasteiger partial charge in [-0.2, -0.15) is 0 Å². The summed E-state index contributed by atoms with van der Waals surface area (Å²) in [6, 6.07) is 0. The maximum atomic E-state index is 2.44. The molecule has 0 amide bonds. The predicted octanol–water partition coefficient (Wildman–Crippen LogP) is 10.5. The summed E-state index contributed by atoms with van der Waals surface area (Å²) in [6.07, 6.45) is 30.7. The first-order valence-electron chi connectivity index (χ1n) is 13.3. The summed E-state index contributed by atoms with van der Waals surface area (Å²) >= 11 is 0. The minimum Gasteiger partial charge on any atom is -0.0654 e. The minimum atomic E-state index is 1.00. The molecule has 27 heavy (non-hydrogen) atoms. The van der Waals surface area contributed by atoms with Crippen LogP contribution in [0.15, 0.2) is 0 Å². The summed E-state index contributed by atoms with van der Waals surface area (Å²) in [6.45, 7) is 9.49. The van der Waals surface area contributed by atoms with Gasteiger partial charge in [-0.1, -0.05) is 163 Å². The second-order valence-electron chi connectivity index (χ2n) is 9.22. The lowest BCUT2D eigenvalue weighted by Crippen LogP contribution is -2.13. The molecule has 0 N–H and O–H groups in total. The highest BCUT2D eigenvalue weighted by Crippen LogP contribution is 2.30. The fourth-order valence-electron chi connectivity index (χ4n) is 4.80. The fourth-order valence-corrected chi connectivity index (χ4v) is 4.80. The average molecular weight is 381 g/mol. The van der Waals surface area contributed by atoms with Crippen molar-refractivity contribution in [2.24, 2.45) is 11.8 Å². The monoisotopic (exact) mass is 380 g/mol. The van der Waals surface area contributed by atoms with Crippen LogP contribution in [0, 0.1) is 11.8 Å². The normalized spacial score (nSPS) is 13.8. The van der Waals surface area contributed by atoms with Crippen LogP contribution in [0.2, 0.25) is 0 Å². The SMILES string of the molecule is CCCCCCCCCCCCC(CC)C(CC)CCCCCCCCC. The Morgan fingerprint density at radius 2 is 0.593 bits per heavy atom. The Morgan fingerprint density at radius 1 is 0.333 bits per heavy atom. The van der Waals surface area contributed by atoms with Gasteiger partial charge >= 0.3 is 0 Å². The Labute approximate surface area is 174 Å². The van der Waals surface area contributed by atoms with Crippen molar-refractivity contribution in [3.63, 3.8) is 0 Å². The highest BCUT2D eigenvalue weighted by molar-refractivity contribution is 4.69. The summed E-state index contributed by atoms with van der Waals surface area (Å²) in [5.74, 6) is 2.01. The first-order valence-corrected chi connectivity index (χ1v) is 13.3. The summed E-state index contributed by atoms with van der Waals surface area (Å²) in [7, 11) is 0. The van der Waals surface area contributed by atoms with E-state index in [4.69, 9.17) is 0 Å². The molecule has 0 aliphatic rings. The highest BCUT2D eigenvalue weighted by Gasteiger charge is 2.17. The Bertz CT molecular complexity index is 257. The zero-order valence-corrected chi connectivity index (χ0v) is 20.0. The van der Waals surface area contributed by atoms with Gasteiger partial charge in [0.25, 0.3) is 0 Å². The molecule has 0 radical (unpaired) electrons. The van der Waals surface area contributed by atoms with Crippen molar-refractivity contribution in [1.29, 1.82) is 0 Å². The molecular weight excluding hydrogens is 324 g/mol. The van der Waals surface area contributed by atoms with Crippen LogP contribution >= 0.6 is 0 Å². The maximum Gasteiger partial charge on any atom is -0.0389 e. The van der Waals surface area contributed by atoms with Crippen LogP contribution in [0.4, 0.5) is 0 Å². The third-order valence-corrected chi connectivity index (χ3v) is 6.82. The summed E-state index contributed by atoms with van der Waals surface area (Å²) in [5.41, 5.74) is 0. The quantitative estimate of drug-likeness (QED) is 0.164. The van der Waals surface area contributed by atoms with E-state index in [9.17, 15) is 0 Å². The number of rotatable bonds is 22. The van der Waals surface area contributed by atoms with E-state index >= 15 is 0 Å². The van der Waals surface area contributed by atoms with Gasteiger partial charge in [0.2, 0.25) is 0 Å². The average Bonchev–Trinajstić information content (AvgIpc) is 2.69. The molecule has 0 aliphatic carbocycles. The molecule has 0 spiro atoms. The number of hydrogen-bond acceptors (Lipinski definition) is 0. The van der Waals surface area contributed by atoms with Crippen LogP contribution < -0.4 is 0 Å². The Hall–Kier alpha value is 0. The van der Waals surface area contributed by atoms with E-state index in [1.54, 1.807) is 0 Å². The second-order valence-corrected chi connectivity index (χ2v) is 9.22. The van der Waals surface area contributed by atoms with E-state index in [1.165, 1.54) is 135 Å². The van der Waals surface area contributed by atoms with Gasteiger partial charge in [-0.15, -0.1) is 0 Å². The van der Waals surface area contributed by atoms with E-state index in [0.717, 1.165) is 11.8 Å². The van der Waals surface area contributed by atoms with Crippen LogP contribution in [0.3, 0.4) is 0 Å². The van der Waals surface area contributed by atoms with Crippen molar-refractivity contribution in [3.05, 3.63) is 0 Å². The topological polar surface area (TPSA) is 0 Å². The molecule has 0 aliphatic heterocycles. The Kier molecular flexibility index (Phi) is 22.3. The molecule has 0 bridgehead atoms. The zero-order valence-electron chi connectivity index (χ0n) is 20.0. The molecule has 0 saturated carbocycles. The van der Waals surface area contributed by atoms with Crippen LogP contribution in [-0.2, 0) is 0 Å². The van der Waals surface area contributed by atoms with Gasteiger partial charge in [0.1, 0.15) is 0 Å². The molecule has 0 aromatic heterocycles. The van der Waals surface area contributed by atoms with E-state index in [2.05, 4.69) is 27.7 Å². The van der Waals surface area contributed by atoms with Crippen LogP contribution in [0.25, 0.3) is 0 Å². The van der Waals surface area contributed by atoms with Gasteiger partial charge in [-0.25, -0.2) is 0 Å². The molecule has 0 nitrogen and oxygen atoms in total. The number of unbranched alkanes of at least 4 members (excludes halogenated alkanes) is 15. The molecule has 164 valence electrons. The van der Waals surface area contributed by atoms with Crippen molar-refractivity contribution in [1.82, 2.24) is 0 Å². The smallest absolute Gasteiger partial charge is 0.0389 e. The lowest BCUT2D eigenvalue weighted by atomic mass is 9.81. The zero-order chi connectivity index (χ0) is 20.0. The van der Waals surface area contributed by atoms with Gasteiger partial charge in [0.15, 0.2) is 0 Å². The molecule has 0 rings (SSSR count). The third kappa shape index (κ3) is 17.8. The summed E-state index contributed by atoms with van der Waals surface area (Å²) in [5, 5.41) is 0. The van der Waals surface area contributed by atoms with Crippen molar-refractivity contribution in [2.45, 2.75) is 163 Å². The largest absolute Gasteiger partial charge is 0.0654 e. The standard InChI is InChI=1S/C27H56/c1-5-9-11-13-15-16-17-19-21-23-25-27(8-4)26(7-3)24-22-20-18-14-12-10-6-2/h26-27H,5-25H2,1-4H3. The summed E-state index contributed by atoms with van der Waals surface area (Å²) < 4.78 is 0. The molecule has 2 unspecified atom stereocenters. The Morgan fingerprint density at radius 3 is 0.852 bits per heavy atom. The Balaban J connectivity index is 3.64. The highest BCUT2D eigenvalue weighted by atomic mass is 14.2. The van der Waals surface area contributed by atoms with Gasteiger partial charge in [-0.05, 0) is 11.8 Å². The van der Waals surface area contributed by atoms with Gasteiger partial charge in [-0.3, -0.25) is 0 Å². The maximum absolute atomic E-state index is 2.44.